The van der Waals surface area contributed by atoms with Gasteiger partial charge in [0.2, 0.25) is 0 Å². The lowest BCUT2D eigenvalue weighted by Crippen LogP contribution is -2.26. The Morgan fingerprint density at radius 3 is 3.08 bits per heavy atom. The van der Waals surface area contributed by atoms with Gasteiger partial charge in [-0.1, -0.05) is 0 Å². The predicted molar refractivity (Wildman–Crippen MR) is 101 cm³/mol. The molecular weight excluding hydrogens is 350 g/mol. The van der Waals surface area contributed by atoms with Crippen LogP contribution in [0.2, 0.25) is 0 Å². The number of fused-ring (bicyclic) bond motifs is 3. The van der Waals surface area contributed by atoms with Gasteiger partial charge in [0, 0.05) is 29.8 Å². The normalized spacial score (nSPS) is 15.7. The van der Waals surface area contributed by atoms with E-state index in [1.165, 1.54) is 11.3 Å². The highest BCUT2D eigenvalue weighted by Gasteiger charge is 2.26. The first-order valence-electron chi connectivity index (χ1n) is 8.67. The Morgan fingerprint density at radius 1 is 1.50 bits per heavy atom. The Hall–Kier alpha value is -2.54. The van der Waals surface area contributed by atoms with Gasteiger partial charge in [-0.2, -0.15) is 0 Å². The second-order valence-corrected chi connectivity index (χ2v) is 7.26. The van der Waals surface area contributed by atoms with Crippen LogP contribution in [0.15, 0.2) is 23.0 Å². The molecule has 3 aromatic rings. The smallest absolute Gasteiger partial charge is 0.270 e. The fourth-order valence-electron chi connectivity index (χ4n) is 3.36. The van der Waals surface area contributed by atoms with Gasteiger partial charge < -0.3 is 19.4 Å². The number of hydrogen-bond donors (Lipinski definition) is 1. The minimum absolute atomic E-state index is 0.0866. The molecule has 4 rings (SSSR count). The van der Waals surface area contributed by atoms with Crippen LogP contribution in [0.5, 0.6) is 11.5 Å². The van der Waals surface area contributed by atoms with E-state index in [4.69, 9.17) is 9.47 Å². The van der Waals surface area contributed by atoms with Gasteiger partial charge in [0.15, 0.2) is 0 Å². The lowest BCUT2D eigenvalue weighted by atomic mass is 10.1. The summed E-state index contributed by atoms with van der Waals surface area (Å²) in [6, 6.07) is 3.89. The molecule has 1 aliphatic heterocycles. The maximum Gasteiger partial charge on any atom is 0.270 e. The third-order valence-corrected chi connectivity index (χ3v) is 5.13. The molecule has 0 aliphatic carbocycles. The summed E-state index contributed by atoms with van der Waals surface area (Å²) < 4.78 is 11.8. The largest absolute Gasteiger partial charge is 0.493 e. The summed E-state index contributed by atoms with van der Waals surface area (Å²) in [5, 5.41) is 2.83. The molecular formula is C19H21N3O3S. The quantitative estimate of drug-likeness (QED) is 0.744. The molecule has 1 N–H and O–H groups in total. The van der Waals surface area contributed by atoms with Crippen molar-refractivity contribution in [2.24, 2.45) is 0 Å². The van der Waals surface area contributed by atoms with E-state index in [-0.39, 0.29) is 12.0 Å². The number of aromatic amines is 1. The average Bonchev–Trinajstić information content (AvgIpc) is 3.32. The Balaban J connectivity index is 1.71. The minimum Gasteiger partial charge on any atom is -0.493 e. The van der Waals surface area contributed by atoms with Crippen LogP contribution in [-0.2, 0) is 13.0 Å². The van der Waals surface area contributed by atoms with Gasteiger partial charge in [-0.05, 0) is 26.0 Å². The highest BCUT2D eigenvalue weighted by molar-refractivity contribution is 7.07. The Kier molecular flexibility index (Phi) is 4.32. The summed E-state index contributed by atoms with van der Waals surface area (Å²) in [4.78, 5) is 22.0. The Labute approximate surface area is 155 Å². The van der Waals surface area contributed by atoms with E-state index in [1.54, 1.807) is 17.5 Å². The molecule has 1 aliphatic rings. The van der Waals surface area contributed by atoms with Crippen molar-refractivity contribution in [3.8, 4) is 11.5 Å². The van der Waals surface area contributed by atoms with Crippen molar-refractivity contribution in [2.45, 2.75) is 32.9 Å². The zero-order valence-corrected chi connectivity index (χ0v) is 15.9. The lowest BCUT2D eigenvalue weighted by Gasteiger charge is -2.14. The van der Waals surface area contributed by atoms with Crippen molar-refractivity contribution in [2.75, 3.05) is 13.7 Å². The molecule has 6 nitrogen and oxygen atoms in total. The SMILES string of the molecule is CCOc1cc2c(c3[nH]c(C(=O)N(C)Cc4cscn4)cc13)O[C@H](C)C2. The molecule has 0 saturated heterocycles. The van der Waals surface area contributed by atoms with E-state index in [2.05, 4.69) is 9.97 Å². The van der Waals surface area contributed by atoms with Crippen LogP contribution < -0.4 is 9.47 Å². The number of thiazole rings is 1. The van der Waals surface area contributed by atoms with Gasteiger partial charge >= 0.3 is 0 Å². The number of amides is 1. The van der Waals surface area contributed by atoms with Gasteiger partial charge in [-0.25, -0.2) is 4.98 Å². The van der Waals surface area contributed by atoms with E-state index < -0.39 is 0 Å². The van der Waals surface area contributed by atoms with Crippen LogP contribution in [0.4, 0.5) is 0 Å². The summed E-state index contributed by atoms with van der Waals surface area (Å²) in [7, 11) is 1.78. The summed E-state index contributed by atoms with van der Waals surface area (Å²) in [6.45, 7) is 5.05. The Bertz CT molecular complexity index is 949. The van der Waals surface area contributed by atoms with Crippen LogP contribution in [0.3, 0.4) is 0 Å². The topological polar surface area (TPSA) is 67.5 Å². The number of aromatic nitrogens is 2. The van der Waals surface area contributed by atoms with Crippen LogP contribution in [0.25, 0.3) is 10.9 Å². The first-order valence-corrected chi connectivity index (χ1v) is 9.61. The second kappa shape index (κ2) is 6.64. The molecule has 1 atom stereocenters. The maximum atomic E-state index is 12.9. The number of carbonyl (C=O) groups excluding carboxylic acids is 1. The molecule has 0 unspecified atom stereocenters. The number of rotatable bonds is 5. The molecule has 1 aromatic carbocycles. The first kappa shape index (κ1) is 16.9. The number of nitrogens with one attached hydrogen (secondary N) is 1. The van der Waals surface area contributed by atoms with Gasteiger partial charge in [0.05, 0.1) is 29.9 Å². The summed E-state index contributed by atoms with van der Waals surface area (Å²) >= 11 is 1.52. The number of H-pyrrole nitrogens is 1. The molecule has 0 saturated carbocycles. The fourth-order valence-corrected chi connectivity index (χ4v) is 3.90. The molecule has 0 bridgehead atoms. The predicted octanol–water partition coefficient (Wildman–Crippen LogP) is 3.62. The molecule has 3 heterocycles. The fraction of sp³-hybridized carbons (Fsp3) is 0.368. The van der Waals surface area contributed by atoms with Gasteiger partial charge in [0.25, 0.3) is 5.91 Å². The minimum atomic E-state index is -0.0866. The molecule has 26 heavy (non-hydrogen) atoms. The van der Waals surface area contributed by atoms with Crippen LogP contribution in [-0.4, -0.2) is 40.5 Å². The third-order valence-electron chi connectivity index (χ3n) is 4.49. The molecule has 0 radical (unpaired) electrons. The summed E-state index contributed by atoms with van der Waals surface area (Å²) in [5.74, 6) is 1.53. The highest BCUT2D eigenvalue weighted by Crippen LogP contribution is 2.41. The molecule has 136 valence electrons. The average molecular weight is 371 g/mol. The first-order chi connectivity index (χ1) is 12.6. The summed E-state index contributed by atoms with van der Waals surface area (Å²) in [6.07, 6.45) is 0.969. The van der Waals surface area contributed by atoms with E-state index >= 15 is 0 Å². The van der Waals surface area contributed by atoms with Gasteiger partial charge in [-0.15, -0.1) is 11.3 Å². The van der Waals surface area contributed by atoms with Gasteiger partial charge in [-0.3, -0.25) is 4.79 Å². The van der Waals surface area contributed by atoms with Gasteiger partial charge in [0.1, 0.15) is 23.3 Å². The Morgan fingerprint density at radius 2 is 2.35 bits per heavy atom. The summed E-state index contributed by atoms with van der Waals surface area (Å²) in [5.41, 5.74) is 5.13. The number of benzene rings is 1. The number of ether oxygens (including phenoxy) is 2. The standard InChI is InChI=1S/C19H21N3O3S/c1-4-24-16-6-12-5-11(2)25-18(12)17-14(16)7-15(21-17)19(23)22(3)8-13-9-26-10-20-13/h6-7,9-11,21H,4-5,8H2,1-3H3/t11-/m1/s1. The van der Waals surface area contributed by atoms with Crippen LogP contribution >= 0.6 is 11.3 Å². The van der Waals surface area contributed by atoms with Crippen molar-refractivity contribution in [1.29, 1.82) is 0 Å². The van der Waals surface area contributed by atoms with Crippen molar-refractivity contribution < 1.29 is 14.3 Å². The van der Waals surface area contributed by atoms with E-state index in [0.29, 0.717) is 18.8 Å². The molecule has 0 fully saturated rings. The second-order valence-electron chi connectivity index (χ2n) is 6.54. The van der Waals surface area contributed by atoms with E-state index in [0.717, 1.165) is 40.1 Å². The van der Waals surface area contributed by atoms with Crippen molar-refractivity contribution in [3.63, 3.8) is 0 Å². The molecule has 0 spiro atoms. The highest BCUT2D eigenvalue weighted by atomic mass is 32.1. The van der Waals surface area contributed by atoms with Crippen molar-refractivity contribution in [1.82, 2.24) is 14.9 Å². The lowest BCUT2D eigenvalue weighted by molar-refractivity contribution is 0.0779. The number of nitrogens with zero attached hydrogens (tertiary/aromatic N) is 2. The third kappa shape index (κ3) is 2.92. The van der Waals surface area contributed by atoms with Crippen molar-refractivity contribution >= 4 is 28.1 Å². The maximum absolute atomic E-state index is 12.9. The molecule has 1 amide bonds. The number of hydrogen-bond acceptors (Lipinski definition) is 5. The van der Waals surface area contributed by atoms with Crippen molar-refractivity contribution in [3.05, 3.63) is 40.0 Å². The molecule has 7 heteroatoms. The van der Waals surface area contributed by atoms with Crippen LogP contribution in [0.1, 0.15) is 35.6 Å². The zero-order valence-electron chi connectivity index (χ0n) is 15.0. The van der Waals surface area contributed by atoms with E-state index in [1.807, 2.05) is 31.4 Å². The number of carbonyl (C=O) groups is 1. The molecule has 2 aromatic heterocycles. The monoisotopic (exact) mass is 371 g/mol. The van der Waals surface area contributed by atoms with Crippen LogP contribution in [0, 0.1) is 0 Å². The van der Waals surface area contributed by atoms with E-state index in [9.17, 15) is 4.79 Å². The zero-order chi connectivity index (χ0) is 18.3.